The van der Waals surface area contributed by atoms with E-state index in [0.717, 1.165) is 10.8 Å². The molecule has 0 atom stereocenters. The molecule has 0 bridgehead atoms. The maximum absolute atomic E-state index is 10.9. The highest BCUT2D eigenvalue weighted by Crippen LogP contribution is 2.14. The summed E-state index contributed by atoms with van der Waals surface area (Å²) in [6, 6.07) is 3.49. The van der Waals surface area contributed by atoms with Crippen molar-refractivity contribution in [3.8, 4) is 0 Å². The molecule has 1 radical (unpaired) electrons. The molecule has 0 aliphatic carbocycles. The fraction of sp³-hybridized carbons (Fsp3) is 0.200. The average molecular weight is 206 g/mol. The summed E-state index contributed by atoms with van der Waals surface area (Å²) < 4.78 is 5.32. The second-order valence-corrected chi connectivity index (χ2v) is 3.81. The minimum atomic E-state index is -0.0537. The van der Waals surface area contributed by atoms with Gasteiger partial charge in [-0.25, -0.2) is 4.98 Å². The molecule has 2 aromatic heterocycles. The molecule has 71 valence electrons. The maximum Gasteiger partial charge on any atom is 0.194 e. The molecule has 0 amide bonds. The minimum absolute atomic E-state index is 0.0537. The number of aromatic nitrogens is 1. The average Bonchev–Trinajstić information content (AvgIpc) is 2.75. The highest BCUT2D eigenvalue weighted by atomic mass is 32.1. The first-order chi connectivity index (χ1) is 6.75. The Balaban J connectivity index is 2.14. The Morgan fingerprint density at radius 1 is 1.64 bits per heavy atom. The van der Waals surface area contributed by atoms with Crippen LogP contribution in [0.15, 0.2) is 21.9 Å². The molecule has 0 aliphatic heterocycles. The summed E-state index contributed by atoms with van der Waals surface area (Å²) in [5.74, 6) is 1.11. The van der Waals surface area contributed by atoms with E-state index in [1.165, 1.54) is 18.3 Å². The standard InChI is InChI=1S/C10H8NO2S/c1-7(12)9-3-2-8(13-9)6-10-11-4-5-14-10/h2-3,5H,6H2,1H3. The van der Waals surface area contributed by atoms with Gasteiger partial charge in [0.1, 0.15) is 17.0 Å². The molecule has 14 heavy (non-hydrogen) atoms. The first kappa shape index (κ1) is 9.15. The number of Topliss-reactive ketones (excluding diaryl/α,β-unsaturated/α-hetero) is 1. The number of hydrogen-bond acceptors (Lipinski definition) is 4. The van der Waals surface area contributed by atoms with Gasteiger partial charge in [-0.05, 0) is 12.1 Å². The molecular formula is C10H8NO2S. The Morgan fingerprint density at radius 2 is 2.50 bits per heavy atom. The lowest BCUT2D eigenvalue weighted by Crippen LogP contribution is -1.87. The van der Waals surface area contributed by atoms with Gasteiger partial charge in [-0.15, -0.1) is 11.3 Å². The predicted octanol–water partition coefficient (Wildman–Crippen LogP) is 2.33. The molecule has 0 saturated carbocycles. The molecule has 0 unspecified atom stereocenters. The van der Waals surface area contributed by atoms with Crippen molar-refractivity contribution >= 4 is 17.1 Å². The number of furan rings is 1. The summed E-state index contributed by atoms with van der Waals surface area (Å²) in [5, 5.41) is 2.74. The summed E-state index contributed by atoms with van der Waals surface area (Å²) in [6.45, 7) is 1.49. The Kier molecular flexibility index (Phi) is 2.45. The Labute approximate surface area is 85.4 Å². The van der Waals surface area contributed by atoms with E-state index >= 15 is 0 Å². The van der Waals surface area contributed by atoms with Gasteiger partial charge in [0.2, 0.25) is 0 Å². The third-order valence-corrected chi connectivity index (χ3v) is 2.50. The van der Waals surface area contributed by atoms with Crippen molar-refractivity contribution in [2.24, 2.45) is 0 Å². The van der Waals surface area contributed by atoms with Crippen molar-refractivity contribution in [3.63, 3.8) is 0 Å². The van der Waals surface area contributed by atoms with E-state index in [4.69, 9.17) is 4.42 Å². The fourth-order valence-electron chi connectivity index (χ4n) is 1.11. The van der Waals surface area contributed by atoms with E-state index in [9.17, 15) is 4.79 Å². The van der Waals surface area contributed by atoms with E-state index in [1.54, 1.807) is 17.5 Å². The Morgan fingerprint density at radius 3 is 3.07 bits per heavy atom. The van der Waals surface area contributed by atoms with Crippen molar-refractivity contribution in [1.82, 2.24) is 4.98 Å². The molecule has 2 rings (SSSR count). The van der Waals surface area contributed by atoms with Crippen molar-refractivity contribution in [1.29, 1.82) is 0 Å². The van der Waals surface area contributed by atoms with Gasteiger partial charge in [0, 0.05) is 12.3 Å². The molecule has 2 heterocycles. The van der Waals surface area contributed by atoms with Crippen LogP contribution in [0.1, 0.15) is 28.2 Å². The van der Waals surface area contributed by atoms with Gasteiger partial charge >= 0.3 is 0 Å². The number of carbonyl (C=O) groups excluding carboxylic acids is 1. The zero-order valence-corrected chi connectivity index (χ0v) is 8.43. The summed E-state index contributed by atoms with van der Waals surface area (Å²) in [4.78, 5) is 15.0. The highest BCUT2D eigenvalue weighted by Gasteiger charge is 2.07. The molecule has 0 N–H and O–H groups in total. The van der Waals surface area contributed by atoms with Crippen LogP contribution in [0.3, 0.4) is 0 Å². The quantitative estimate of drug-likeness (QED) is 0.724. The third-order valence-electron chi connectivity index (χ3n) is 1.77. The molecule has 3 nitrogen and oxygen atoms in total. The van der Waals surface area contributed by atoms with Crippen LogP contribution in [0.4, 0.5) is 0 Å². The molecule has 0 aromatic carbocycles. The lowest BCUT2D eigenvalue weighted by atomic mass is 10.3. The molecule has 0 saturated heterocycles. The first-order valence-electron chi connectivity index (χ1n) is 4.16. The van der Waals surface area contributed by atoms with Crippen LogP contribution < -0.4 is 0 Å². The smallest absolute Gasteiger partial charge is 0.194 e. The fourth-order valence-corrected chi connectivity index (χ4v) is 1.68. The largest absolute Gasteiger partial charge is 0.458 e. The lowest BCUT2D eigenvalue weighted by molar-refractivity contribution is 0.0985. The summed E-state index contributed by atoms with van der Waals surface area (Å²) in [5.41, 5.74) is 0. The monoisotopic (exact) mass is 206 g/mol. The van der Waals surface area contributed by atoms with E-state index in [0.29, 0.717) is 12.2 Å². The summed E-state index contributed by atoms with van der Waals surface area (Å²) in [6.07, 6.45) is 3.37. The number of nitrogens with zero attached hydrogens (tertiary/aromatic N) is 1. The van der Waals surface area contributed by atoms with Crippen LogP contribution in [0.25, 0.3) is 0 Å². The highest BCUT2D eigenvalue weighted by molar-refractivity contribution is 7.09. The van der Waals surface area contributed by atoms with Crippen LogP contribution in [0.5, 0.6) is 0 Å². The minimum Gasteiger partial charge on any atom is -0.458 e. The Bertz CT molecular complexity index is 431. The maximum atomic E-state index is 10.9. The van der Waals surface area contributed by atoms with Crippen LogP contribution >= 0.6 is 11.3 Å². The number of hydrogen-bond donors (Lipinski definition) is 0. The summed E-state index contributed by atoms with van der Waals surface area (Å²) >= 11 is 1.52. The van der Waals surface area contributed by atoms with Gasteiger partial charge in [0.05, 0.1) is 6.42 Å². The number of rotatable bonds is 3. The second-order valence-electron chi connectivity index (χ2n) is 2.87. The molecule has 2 aromatic rings. The van der Waals surface area contributed by atoms with E-state index in [2.05, 4.69) is 11.2 Å². The first-order valence-corrected chi connectivity index (χ1v) is 5.04. The van der Waals surface area contributed by atoms with Crippen LogP contribution in [0.2, 0.25) is 0 Å². The predicted molar refractivity (Wildman–Crippen MR) is 52.5 cm³/mol. The normalized spacial score (nSPS) is 10.4. The number of carbonyl (C=O) groups is 1. The van der Waals surface area contributed by atoms with Crippen LogP contribution in [0, 0.1) is 6.20 Å². The van der Waals surface area contributed by atoms with Gasteiger partial charge in [-0.2, -0.15) is 0 Å². The van der Waals surface area contributed by atoms with Crippen molar-refractivity contribution in [3.05, 3.63) is 40.2 Å². The molecule has 0 aliphatic rings. The van der Waals surface area contributed by atoms with Crippen molar-refractivity contribution < 1.29 is 9.21 Å². The van der Waals surface area contributed by atoms with Crippen molar-refractivity contribution in [2.75, 3.05) is 0 Å². The van der Waals surface area contributed by atoms with Gasteiger partial charge in [0.15, 0.2) is 11.5 Å². The Hall–Kier alpha value is -1.42. The van der Waals surface area contributed by atoms with Crippen LogP contribution in [-0.4, -0.2) is 10.8 Å². The van der Waals surface area contributed by atoms with Crippen molar-refractivity contribution in [2.45, 2.75) is 13.3 Å². The van der Waals surface area contributed by atoms with Gasteiger partial charge in [-0.1, -0.05) is 0 Å². The topological polar surface area (TPSA) is 43.1 Å². The van der Waals surface area contributed by atoms with E-state index < -0.39 is 0 Å². The zero-order chi connectivity index (χ0) is 9.97. The summed E-state index contributed by atoms with van der Waals surface area (Å²) in [7, 11) is 0. The molecule has 0 fully saturated rings. The molecule has 0 spiro atoms. The molecular weight excluding hydrogens is 198 g/mol. The third kappa shape index (κ3) is 1.90. The van der Waals surface area contributed by atoms with Gasteiger partial charge < -0.3 is 4.42 Å². The van der Waals surface area contributed by atoms with Gasteiger partial charge in [-0.3, -0.25) is 4.79 Å². The van der Waals surface area contributed by atoms with Crippen LogP contribution in [-0.2, 0) is 6.42 Å². The second kappa shape index (κ2) is 3.75. The van der Waals surface area contributed by atoms with E-state index in [-0.39, 0.29) is 5.78 Å². The lowest BCUT2D eigenvalue weighted by Gasteiger charge is -1.91. The molecule has 4 heteroatoms. The number of thiazole rings is 1. The SMILES string of the molecule is CC(=O)c1ccc(Cc2n[c]cs2)o1. The van der Waals surface area contributed by atoms with E-state index in [1.807, 2.05) is 0 Å². The number of ketones is 1. The zero-order valence-electron chi connectivity index (χ0n) is 7.61. The van der Waals surface area contributed by atoms with Gasteiger partial charge in [0.25, 0.3) is 0 Å².